The minimum Gasteiger partial charge on any atom is -0.444 e. The predicted octanol–water partition coefficient (Wildman–Crippen LogP) is 2.44. The number of aryl methyl sites for hydroxylation is 1. The van der Waals surface area contributed by atoms with Gasteiger partial charge in [0.25, 0.3) is 0 Å². The number of fused-ring (bicyclic) bond motifs is 2. The number of amides is 1. The van der Waals surface area contributed by atoms with Crippen LogP contribution in [0.2, 0.25) is 0 Å². The summed E-state index contributed by atoms with van der Waals surface area (Å²) in [4.78, 5) is 18.6. The van der Waals surface area contributed by atoms with Gasteiger partial charge in [0, 0.05) is 37.9 Å². The lowest BCUT2D eigenvalue weighted by Gasteiger charge is -2.39. The molecule has 1 amide bonds. The Morgan fingerprint density at radius 1 is 1.35 bits per heavy atom. The smallest absolute Gasteiger partial charge is 0.410 e. The van der Waals surface area contributed by atoms with Crippen LogP contribution < -0.4 is 5.32 Å². The van der Waals surface area contributed by atoms with Gasteiger partial charge in [-0.1, -0.05) is 0 Å². The number of ether oxygens (including phenoxy) is 1. The summed E-state index contributed by atoms with van der Waals surface area (Å²) >= 11 is 0. The second-order valence-electron chi connectivity index (χ2n) is 7.82. The van der Waals surface area contributed by atoms with Crippen LogP contribution in [0, 0.1) is 0 Å². The summed E-state index contributed by atoms with van der Waals surface area (Å²) in [5.41, 5.74) is 0.762. The molecule has 2 saturated heterocycles. The molecular formula is C17H28N4O2. The van der Waals surface area contributed by atoms with Crippen molar-refractivity contribution in [2.75, 3.05) is 0 Å². The van der Waals surface area contributed by atoms with Gasteiger partial charge < -0.3 is 19.5 Å². The zero-order valence-electron chi connectivity index (χ0n) is 14.6. The van der Waals surface area contributed by atoms with E-state index in [1.807, 2.05) is 49.8 Å². The second-order valence-corrected chi connectivity index (χ2v) is 7.82. The Hall–Kier alpha value is -1.56. The number of rotatable bonds is 3. The Morgan fingerprint density at radius 3 is 2.52 bits per heavy atom. The van der Waals surface area contributed by atoms with Crippen molar-refractivity contribution in [2.45, 2.75) is 76.7 Å². The van der Waals surface area contributed by atoms with Gasteiger partial charge >= 0.3 is 6.09 Å². The van der Waals surface area contributed by atoms with E-state index in [9.17, 15) is 4.79 Å². The van der Waals surface area contributed by atoms with Crippen LogP contribution in [0.5, 0.6) is 0 Å². The molecule has 2 atom stereocenters. The predicted molar refractivity (Wildman–Crippen MR) is 88.0 cm³/mol. The highest BCUT2D eigenvalue weighted by Gasteiger charge is 2.44. The molecule has 0 aromatic carbocycles. The molecule has 2 bridgehead atoms. The molecule has 0 aliphatic carbocycles. The number of piperidine rings is 1. The fraction of sp³-hybridized carbons (Fsp3) is 0.765. The molecule has 1 aromatic heterocycles. The van der Waals surface area contributed by atoms with E-state index in [-0.39, 0.29) is 6.09 Å². The number of hydrogen-bond acceptors (Lipinski definition) is 4. The topological polar surface area (TPSA) is 59.4 Å². The van der Waals surface area contributed by atoms with E-state index >= 15 is 0 Å². The summed E-state index contributed by atoms with van der Waals surface area (Å²) in [6.45, 7) is 6.60. The van der Waals surface area contributed by atoms with Crippen molar-refractivity contribution in [1.29, 1.82) is 0 Å². The van der Waals surface area contributed by atoms with Gasteiger partial charge in [0.1, 0.15) is 5.60 Å². The van der Waals surface area contributed by atoms with E-state index in [1.165, 1.54) is 5.69 Å². The average molecular weight is 320 g/mol. The second kappa shape index (κ2) is 6.15. The summed E-state index contributed by atoms with van der Waals surface area (Å²) in [6.07, 6.45) is 7.78. The highest BCUT2D eigenvalue weighted by atomic mass is 16.6. The molecule has 6 nitrogen and oxygen atoms in total. The number of hydrogen-bond donors (Lipinski definition) is 1. The van der Waals surface area contributed by atoms with Crippen molar-refractivity contribution in [3.63, 3.8) is 0 Å². The number of carbonyl (C=O) groups excluding carboxylic acids is 1. The number of nitrogens with one attached hydrogen (secondary N) is 1. The van der Waals surface area contributed by atoms with Crippen molar-refractivity contribution in [1.82, 2.24) is 19.8 Å². The van der Waals surface area contributed by atoms with E-state index in [0.29, 0.717) is 18.1 Å². The first-order valence-electron chi connectivity index (χ1n) is 8.53. The maximum atomic E-state index is 12.4. The number of carbonyl (C=O) groups is 1. The Morgan fingerprint density at radius 2 is 2.00 bits per heavy atom. The molecule has 3 heterocycles. The zero-order chi connectivity index (χ0) is 16.6. The third kappa shape index (κ3) is 3.68. The van der Waals surface area contributed by atoms with Crippen molar-refractivity contribution in [3.8, 4) is 0 Å². The average Bonchev–Trinajstić information content (AvgIpc) is 2.96. The van der Waals surface area contributed by atoms with Gasteiger partial charge in [0.05, 0.1) is 12.0 Å². The third-order valence-corrected chi connectivity index (χ3v) is 4.83. The molecule has 0 saturated carbocycles. The van der Waals surface area contributed by atoms with Crippen LogP contribution in [0.3, 0.4) is 0 Å². The van der Waals surface area contributed by atoms with Crippen LogP contribution in [0.4, 0.5) is 4.79 Å². The number of aromatic nitrogens is 2. The maximum Gasteiger partial charge on any atom is 0.410 e. The normalized spacial score (nSPS) is 27.3. The van der Waals surface area contributed by atoms with Crippen LogP contribution in [0.1, 0.15) is 52.1 Å². The zero-order valence-corrected chi connectivity index (χ0v) is 14.6. The molecule has 2 fully saturated rings. The lowest BCUT2D eigenvalue weighted by molar-refractivity contribution is 0.00464. The van der Waals surface area contributed by atoms with Gasteiger partial charge in [-0.2, -0.15) is 0 Å². The van der Waals surface area contributed by atoms with Crippen LogP contribution in [-0.2, 0) is 18.3 Å². The monoisotopic (exact) mass is 320 g/mol. The van der Waals surface area contributed by atoms with Crippen LogP contribution in [-0.4, -0.2) is 44.3 Å². The van der Waals surface area contributed by atoms with Gasteiger partial charge in [-0.25, -0.2) is 9.78 Å². The van der Waals surface area contributed by atoms with E-state index in [1.54, 1.807) is 0 Å². The highest BCUT2D eigenvalue weighted by Crippen LogP contribution is 2.36. The molecule has 6 heteroatoms. The first-order valence-corrected chi connectivity index (χ1v) is 8.53. The maximum absolute atomic E-state index is 12.4. The van der Waals surface area contributed by atoms with Gasteiger partial charge in [-0.05, 0) is 46.5 Å². The molecule has 23 heavy (non-hydrogen) atoms. The molecule has 0 radical (unpaired) electrons. The van der Waals surface area contributed by atoms with Crippen molar-refractivity contribution >= 4 is 6.09 Å². The first kappa shape index (κ1) is 16.3. The fourth-order valence-electron chi connectivity index (χ4n) is 3.76. The van der Waals surface area contributed by atoms with Gasteiger partial charge in [-0.15, -0.1) is 0 Å². The molecule has 2 aliphatic rings. The molecule has 1 aromatic rings. The highest BCUT2D eigenvalue weighted by molar-refractivity contribution is 5.69. The Kier molecular flexibility index (Phi) is 4.36. The van der Waals surface area contributed by atoms with Gasteiger partial charge in [0.15, 0.2) is 0 Å². The molecule has 1 N–H and O–H groups in total. The lowest BCUT2D eigenvalue weighted by Crippen LogP contribution is -2.52. The molecule has 128 valence electrons. The van der Waals surface area contributed by atoms with Crippen molar-refractivity contribution < 1.29 is 9.53 Å². The van der Waals surface area contributed by atoms with Crippen molar-refractivity contribution in [3.05, 3.63) is 18.2 Å². The van der Waals surface area contributed by atoms with Gasteiger partial charge in [0.2, 0.25) is 0 Å². The van der Waals surface area contributed by atoms with E-state index in [0.717, 1.165) is 32.2 Å². The van der Waals surface area contributed by atoms with E-state index in [4.69, 9.17) is 4.74 Å². The number of nitrogens with zero attached hydrogens (tertiary/aromatic N) is 3. The fourth-order valence-corrected chi connectivity index (χ4v) is 3.76. The SMILES string of the molecule is Cn1cncc1CNC1CC2CCC(C1)N2C(=O)OC(C)(C)C. The lowest BCUT2D eigenvalue weighted by atomic mass is 9.97. The molecule has 2 unspecified atom stereocenters. The third-order valence-electron chi connectivity index (χ3n) is 4.83. The summed E-state index contributed by atoms with van der Waals surface area (Å²) in [6, 6.07) is 1.08. The summed E-state index contributed by atoms with van der Waals surface area (Å²) in [5, 5.41) is 3.63. The molecule has 3 rings (SSSR count). The minimum atomic E-state index is -0.425. The number of imidazole rings is 1. The molecule has 0 spiro atoms. The van der Waals surface area contributed by atoms with Crippen LogP contribution in [0.15, 0.2) is 12.5 Å². The van der Waals surface area contributed by atoms with Gasteiger partial charge in [-0.3, -0.25) is 0 Å². The summed E-state index contributed by atoms with van der Waals surface area (Å²) < 4.78 is 7.62. The van der Waals surface area contributed by atoms with Crippen molar-refractivity contribution in [2.24, 2.45) is 7.05 Å². The Bertz CT molecular complexity index is 549. The largest absolute Gasteiger partial charge is 0.444 e. The van der Waals surface area contributed by atoms with Crippen LogP contribution in [0.25, 0.3) is 0 Å². The summed E-state index contributed by atoms with van der Waals surface area (Å²) in [5.74, 6) is 0. The standard InChI is InChI=1S/C17H28N4O2/c1-17(2,3)23-16(22)21-13-5-6-14(21)8-12(7-13)19-10-15-9-18-11-20(15)4/h9,11-14,19H,5-8,10H2,1-4H3. The Balaban J connectivity index is 1.56. The van der Waals surface area contributed by atoms with E-state index < -0.39 is 5.60 Å². The molecular weight excluding hydrogens is 292 g/mol. The Labute approximate surface area is 138 Å². The van der Waals surface area contributed by atoms with E-state index in [2.05, 4.69) is 10.3 Å². The first-order chi connectivity index (χ1) is 10.8. The van der Waals surface area contributed by atoms with Crippen LogP contribution >= 0.6 is 0 Å². The minimum absolute atomic E-state index is 0.143. The summed E-state index contributed by atoms with van der Waals surface area (Å²) in [7, 11) is 2.01. The molecule has 2 aliphatic heterocycles. The quantitative estimate of drug-likeness (QED) is 0.929.